The molecule has 1 aromatic heterocycles. The zero-order valence-corrected chi connectivity index (χ0v) is 11.9. The summed E-state index contributed by atoms with van der Waals surface area (Å²) in [6.07, 6.45) is 0. The predicted octanol–water partition coefficient (Wildman–Crippen LogP) is 4.18. The largest absolute Gasteiger partial charge is 0.392 e. The maximum absolute atomic E-state index is 8.97. The number of aliphatic hydroxyl groups excluding tert-OH is 1. The normalized spacial score (nSPS) is 12.4. The molecule has 1 atom stereocenters. The molecular weight excluding hydrogens is 298 g/mol. The van der Waals surface area contributed by atoms with Crippen LogP contribution >= 0.6 is 27.3 Å². The van der Waals surface area contributed by atoms with Crippen molar-refractivity contribution in [2.24, 2.45) is 0 Å². The van der Waals surface area contributed by atoms with Gasteiger partial charge in [0.1, 0.15) is 0 Å². The molecule has 0 spiro atoms. The summed E-state index contributed by atoms with van der Waals surface area (Å²) in [7, 11) is 0. The van der Waals surface area contributed by atoms with Gasteiger partial charge in [0.15, 0.2) is 0 Å². The van der Waals surface area contributed by atoms with E-state index >= 15 is 0 Å². The van der Waals surface area contributed by atoms with E-state index in [2.05, 4.69) is 40.3 Å². The summed E-state index contributed by atoms with van der Waals surface area (Å²) in [6.45, 7) is 2.23. The van der Waals surface area contributed by atoms with E-state index in [1.807, 2.05) is 24.3 Å². The van der Waals surface area contributed by atoms with Gasteiger partial charge in [-0.1, -0.05) is 12.1 Å². The molecule has 0 bridgehead atoms. The smallest absolute Gasteiger partial charge is 0.0702 e. The van der Waals surface area contributed by atoms with Crippen LogP contribution in [-0.2, 0) is 6.61 Å². The lowest BCUT2D eigenvalue weighted by atomic mass is 10.2. The predicted molar refractivity (Wildman–Crippen MR) is 76.4 cm³/mol. The number of aliphatic hydroxyl groups is 1. The quantitative estimate of drug-likeness (QED) is 0.888. The van der Waals surface area contributed by atoms with E-state index in [1.54, 1.807) is 11.3 Å². The summed E-state index contributed by atoms with van der Waals surface area (Å²) in [5.74, 6) is 0. The number of benzene rings is 1. The molecule has 2 aromatic rings. The van der Waals surface area contributed by atoms with E-state index in [0.29, 0.717) is 0 Å². The molecular formula is C13H14BrNOS. The van der Waals surface area contributed by atoms with Crippen LogP contribution in [0.25, 0.3) is 0 Å². The van der Waals surface area contributed by atoms with Crippen molar-refractivity contribution in [3.63, 3.8) is 0 Å². The molecule has 0 aliphatic heterocycles. The molecule has 2 rings (SSSR count). The zero-order chi connectivity index (χ0) is 12.3. The summed E-state index contributed by atoms with van der Waals surface area (Å²) in [5.41, 5.74) is 2.00. The van der Waals surface area contributed by atoms with E-state index in [0.717, 1.165) is 15.0 Å². The monoisotopic (exact) mass is 311 g/mol. The summed E-state index contributed by atoms with van der Waals surface area (Å²) in [5, 5.41) is 12.4. The number of hydrogen-bond acceptors (Lipinski definition) is 3. The van der Waals surface area contributed by atoms with E-state index in [1.165, 1.54) is 4.88 Å². The molecule has 0 amide bonds. The van der Waals surface area contributed by atoms with Crippen molar-refractivity contribution in [3.8, 4) is 0 Å². The van der Waals surface area contributed by atoms with Gasteiger partial charge in [0.25, 0.3) is 0 Å². The van der Waals surface area contributed by atoms with Crippen LogP contribution in [0.5, 0.6) is 0 Å². The van der Waals surface area contributed by atoms with Gasteiger partial charge in [0.05, 0.1) is 16.4 Å². The second kappa shape index (κ2) is 5.67. The molecule has 0 saturated heterocycles. The SMILES string of the molecule is CC(Nc1ccc(CO)cc1)c1ccc(Br)s1. The standard InChI is InChI=1S/C13H14BrNOS/c1-9(12-6-7-13(14)17-12)15-11-4-2-10(8-16)3-5-11/h2-7,9,15-16H,8H2,1H3. The number of halogens is 1. The van der Waals surface area contributed by atoms with Gasteiger partial charge in [-0.3, -0.25) is 0 Å². The van der Waals surface area contributed by atoms with Crippen LogP contribution in [-0.4, -0.2) is 5.11 Å². The summed E-state index contributed by atoms with van der Waals surface area (Å²) in [6, 6.07) is 12.3. The van der Waals surface area contributed by atoms with Crippen molar-refractivity contribution in [2.45, 2.75) is 19.6 Å². The zero-order valence-electron chi connectivity index (χ0n) is 9.48. The minimum absolute atomic E-state index is 0.0910. The van der Waals surface area contributed by atoms with E-state index in [4.69, 9.17) is 5.11 Å². The first-order chi connectivity index (χ1) is 8.19. The Balaban J connectivity index is 2.04. The van der Waals surface area contributed by atoms with Gasteiger partial charge in [-0.25, -0.2) is 0 Å². The fourth-order valence-electron chi connectivity index (χ4n) is 1.59. The van der Waals surface area contributed by atoms with E-state index in [9.17, 15) is 0 Å². The minimum atomic E-state index is 0.0910. The van der Waals surface area contributed by atoms with Crippen molar-refractivity contribution in [1.29, 1.82) is 0 Å². The van der Waals surface area contributed by atoms with Crippen LogP contribution in [0.15, 0.2) is 40.2 Å². The molecule has 1 unspecified atom stereocenters. The Bertz CT molecular complexity index is 480. The molecule has 0 fully saturated rings. The number of hydrogen-bond donors (Lipinski definition) is 2. The van der Waals surface area contributed by atoms with Gasteiger partial charge < -0.3 is 10.4 Å². The lowest BCUT2D eigenvalue weighted by Gasteiger charge is -2.13. The van der Waals surface area contributed by atoms with Gasteiger partial charge >= 0.3 is 0 Å². The molecule has 17 heavy (non-hydrogen) atoms. The number of rotatable bonds is 4. The molecule has 2 N–H and O–H groups in total. The summed E-state index contributed by atoms with van der Waals surface area (Å²) < 4.78 is 1.15. The molecule has 1 heterocycles. The Morgan fingerprint density at radius 1 is 1.24 bits per heavy atom. The average molecular weight is 312 g/mol. The molecule has 1 aromatic carbocycles. The fraction of sp³-hybridized carbons (Fsp3) is 0.231. The van der Waals surface area contributed by atoms with Crippen molar-refractivity contribution < 1.29 is 5.11 Å². The van der Waals surface area contributed by atoms with Crippen LogP contribution in [0.2, 0.25) is 0 Å². The molecule has 0 aliphatic carbocycles. The highest BCUT2D eigenvalue weighted by Crippen LogP contribution is 2.29. The van der Waals surface area contributed by atoms with Gasteiger partial charge in [-0.2, -0.15) is 0 Å². The molecule has 0 radical (unpaired) electrons. The Kier molecular flexibility index (Phi) is 4.20. The number of nitrogens with one attached hydrogen (secondary N) is 1. The lowest BCUT2D eigenvalue weighted by Crippen LogP contribution is -2.04. The first-order valence-electron chi connectivity index (χ1n) is 5.40. The second-order valence-corrected chi connectivity index (χ2v) is 6.36. The topological polar surface area (TPSA) is 32.3 Å². The first kappa shape index (κ1) is 12.6. The first-order valence-corrected chi connectivity index (χ1v) is 7.01. The third-order valence-corrected chi connectivity index (χ3v) is 4.35. The highest BCUT2D eigenvalue weighted by Gasteiger charge is 2.07. The molecule has 0 aliphatic rings. The van der Waals surface area contributed by atoms with E-state index < -0.39 is 0 Å². The number of thiophene rings is 1. The third kappa shape index (κ3) is 3.31. The number of anilines is 1. The molecule has 0 saturated carbocycles. The lowest BCUT2D eigenvalue weighted by molar-refractivity contribution is 0.282. The Morgan fingerprint density at radius 3 is 2.47 bits per heavy atom. The van der Waals surface area contributed by atoms with Crippen LogP contribution in [0.3, 0.4) is 0 Å². The van der Waals surface area contributed by atoms with Crippen LogP contribution in [0.1, 0.15) is 23.4 Å². The third-order valence-electron chi connectivity index (χ3n) is 2.54. The van der Waals surface area contributed by atoms with Crippen LogP contribution < -0.4 is 5.32 Å². The van der Waals surface area contributed by atoms with Crippen molar-refractivity contribution in [3.05, 3.63) is 50.6 Å². The van der Waals surface area contributed by atoms with Gasteiger partial charge in [0, 0.05) is 10.6 Å². The molecule has 4 heteroatoms. The Hall–Kier alpha value is -0.840. The average Bonchev–Trinajstić information content (AvgIpc) is 2.77. The van der Waals surface area contributed by atoms with Crippen molar-refractivity contribution >= 4 is 33.0 Å². The Morgan fingerprint density at radius 2 is 1.94 bits per heavy atom. The minimum Gasteiger partial charge on any atom is -0.392 e. The molecule has 90 valence electrons. The highest BCUT2D eigenvalue weighted by molar-refractivity contribution is 9.11. The summed E-state index contributed by atoms with van der Waals surface area (Å²) in [4.78, 5) is 1.29. The molecule has 2 nitrogen and oxygen atoms in total. The maximum Gasteiger partial charge on any atom is 0.0702 e. The van der Waals surface area contributed by atoms with Gasteiger partial charge in [-0.05, 0) is 52.7 Å². The van der Waals surface area contributed by atoms with E-state index in [-0.39, 0.29) is 12.6 Å². The fourth-order valence-corrected chi connectivity index (χ4v) is 3.01. The maximum atomic E-state index is 8.97. The Labute approximate surface area is 113 Å². The van der Waals surface area contributed by atoms with Crippen molar-refractivity contribution in [2.75, 3.05) is 5.32 Å². The highest BCUT2D eigenvalue weighted by atomic mass is 79.9. The van der Waals surface area contributed by atoms with Crippen LogP contribution in [0.4, 0.5) is 5.69 Å². The van der Waals surface area contributed by atoms with Crippen molar-refractivity contribution in [1.82, 2.24) is 0 Å². The second-order valence-electron chi connectivity index (χ2n) is 3.86. The van der Waals surface area contributed by atoms with Crippen LogP contribution in [0, 0.1) is 0 Å². The summed E-state index contributed by atoms with van der Waals surface area (Å²) >= 11 is 5.20. The van der Waals surface area contributed by atoms with Gasteiger partial charge in [-0.15, -0.1) is 11.3 Å². The van der Waals surface area contributed by atoms with Gasteiger partial charge in [0.2, 0.25) is 0 Å².